The molecule has 0 saturated heterocycles. The number of carbonyl (C=O) groups is 1. The van der Waals surface area contributed by atoms with Gasteiger partial charge in [-0.25, -0.2) is 0 Å². The quantitative estimate of drug-likeness (QED) is 0.750. The van der Waals surface area contributed by atoms with Crippen LogP contribution in [-0.2, 0) is 0 Å². The Morgan fingerprint density at radius 3 is 2.29 bits per heavy atom. The van der Waals surface area contributed by atoms with Crippen LogP contribution in [0.2, 0.25) is 0 Å². The van der Waals surface area contributed by atoms with Crippen molar-refractivity contribution >= 4 is 17.1 Å². The predicted octanol–water partition coefficient (Wildman–Crippen LogP) is 3.55. The van der Waals surface area contributed by atoms with Crippen LogP contribution < -0.4 is 4.74 Å². The Balaban J connectivity index is 2.41. The van der Waals surface area contributed by atoms with Gasteiger partial charge in [-0.15, -0.1) is 13.2 Å². The highest BCUT2D eigenvalue weighted by Gasteiger charge is 2.31. The second kappa shape index (κ2) is 4.08. The molecule has 2 aromatic carbocycles. The minimum Gasteiger partial charge on any atom is -0.406 e. The van der Waals surface area contributed by atoms with Gasteiger partial charge in [-0.2, -0.15) is 0 Å². The summed E-state index contributed by atoms with van der Waals surface area (Å²) in [5.74, 6) is -0.274. The van der Waals surface area contributed by atoms with E-state index in [0.717, 1.165) is 0 Å². The summed E-state index contributed by atoms with van der Waals surface area (Å²) in [5, 5.41) is 1.27. The maximum atomic E-state index is 12.0. The van der Waals surface area contributed by atoms with E-state index >= 15 is 0 Å². The van der Waals surface area contributed by atoms with Crippen molar-refractivity contribution in [3.05, 3.63) is 42.0 Å². The van der Waals surface area contributed by atoms with E-state index in [2.05, 4.69) is 4.74 Å². The Bertz CT molecular complexity index is 561. The smallest absolute Gasteiger partial charge is 0.406 e. The maximum Gasteiger partial charge on any atom is 0.573 e. The summed E-state index contributed by atoms with van der Waals surface area (Å²) in [7, 11) is 0. The molecular formula is C12H7F3O2. The lowest BCUT2D eigenvalue weighted by atomic mass is 10.1. The van der Waals surface area contributed by atoms with Gasteiger partial charge in [-0.05, 0) is 29.0 Å². The van der Waals surface area contributed by atoms with Crippen molar-refractivity contribution in [1.29, 1.82) is 0 Å². The highest BCUT2D eigenvalue weighted by molar-refractivity contribution is 5.89. The number of rotatable bonds is 2. The fourth-order valence-corrected chi connectivity index (χ4v) is 1.51. The van der Waals surface area contributed by atoms with Crippen molar-refractivity contribution < 1.29 is 22.7 Å². The average Bonchev–Trinajstić information content (AvgIpc) is 2.26. The number of aldehydes is 1. The van der Waals surface area contributed by atoms with E-state index in [-0.39, 0.29) is 5.75 Å². The molecule has 0 amide bonds. The third-order valence-corrected chi connectivity index (χ3v) is 2.21. The van der Waals surface area contributed by atoms with E-state index in [9.17, 15) is 18.0 Å². The lowest BCUT2D eigenvalue weighted by Crippen LogP contribution is -2.16. The van der Waals surface area contributed by atoms with E-state index in [4.69, 9.17) is 0 Å². The van der Waals surface area contributed by atoms with Crippen LogP contribution in [0.1, 0.15) is 10.4 Å². The molecule has 0 fully saturated rings. The van der Waals surface area contributed by atoms with Gasteiger partial charge < -0.3 is 4.74 Å². The Morgan fingerprint density at radius 2 is 1.65 bits per heavy atom. The van der Waals surface area contributed by atoms with Gasteiger partial charge in [0.25, 0.3) is 0 Å². The second-order valence-corrected chi connectivity index (χ2v) is 3.43. The first-order valence-electron chi connectivity index (χ1n) is 4.73. The van der Waals surface area contributed by atoms with Crippen molar-refractivity contribution in [3.63, 3.8) is 0 Å². The molecule has 0 radical (unpaired) electrons. The molecule has 0 aliphatic rings. The van der Waals surface area contributed by atoms with Crippen LogP contribution in [0.3, 0.4) is 0 Å². The van der Waals surface area contributed by atoms with E-state index in [1.807, 2.05) is 0 Å². The van der Waals surface area contributed by atoms with Crippen LogP contribution in [0.5, 0.6) is 5.75 Å². The molecule has 17 heavy (non-hydrogen) atoms. The summed E-state index contributed by atoms with van der Waals surface area (Å²) in [5.41, 5.74) is 0.474. The minimum atomic E-state index is -4.70. The second-order valence-electron chi connectivity index (χ2n) is 3.43. The highest BCUT2D eigenvalue weighted by Crippen LogP contribution is 2.26. The maximum absolute atomic E-state index is 12.0. The Kier molecular flexibility index (Phi) is 2.75. The predicted molar refractivity (Wildman–Crippen MR) is 56.0 cm³/mol. The van der Waals surface area contributed by atoms with Gasteiger partial charge in [0.05, 0.1) is 0 Å². The Hall–Kier alpha value is -2.04. The van der Waals surface area contributed by atoms with Gasteiger partial charge in [0.2, 0.25) is 0 Å². The number of benzene rings is 2. The first-order valence-corrected chi connectivity index (χ1v) is 4.73. The van der Waals surface area contributed by atoms with Crippen molar-refractivity contribution in [2.24, 2.45) is 0 Å². The largest absolute Gasteiger partial charge is 0.573 e. The van der Waals surface area contributed by atoms with Crippen LogP contribution in [0.4, 0.5) is 13.2 Å². The molecule has 0 bridgehead atoms. The molecule has 0 heterocycles. The number of halogens is 3. The third-order valence-electron chi connectivity index (χ3n) is 2.21. The summed E-state index contributed by atoms with van der Waals surface area (Å²) in [6, 6.07) is 8.67. The summed E-state index contributed by atoms with van der Waals surface area (Å²) in [4.78, 5) is 10.5. The summed E-state index contributed by atoms with van der Waals surface area (Å²) in [6.07, 6.45) is -4.02. The molecule has 0 spiro atoms. The molecule has 88 valence electrons. The Labute approximate surface area is 94.6 Å². The molecule has 2 nitrogen and oxygen atoms in total. The monoisotopic (exact) mass is 240 g/mol. The molecule has 5 heteroatoms. The van der Waals surface area contributed by atoms with Gasteiger partial charge in [-0.1, -0.05) is 18.2 Å². The molecule has 0 aliphatic heterocycles. The molecule has 2 aromatic rings. The normalized spacial score (nSPS) is 11.5. The molecule has 2 rings (SSSR count). The molecule has 0 aliphatic carbocycles. The zero-order valence-electron chi connectivity index (χ0n) is 8.49. The van der Waals surface area contributed by atoms with Gasteiger partial charge in [0, 0.05) is 5.56 Å². The van der Waals surface area contributed by atoms with Crippen LogP contribution in [0.25, 0.3) is 10.8 Å². The lowest BCUT2D eigenvalue weighted by Gasteiger charge is -2.09. The first kappa shape index (κ1) is 11.4. The summed E-state index contributed by atoms with van der Waals surface area (Å²) >= 11 is 0. The topological polar surface area (TPSA) is 26.3 Å². The fourth-order valence-electron chi connectivity index (χ4n) is 1.51. The number of hydrogen-bond donors (Lipinski definition) is 0. The van der Waals surface area contributed by atoms with Crippen LogP contribution in [0, 0.1) is 0 Å². The number of ether oxygens (including phenoxy) is 1. The van der Waals surface area contributed by atoms with E-state index in [1.54, 1.807) is 12.1 Å². The van der Waals surface area contributed by atoms with Crippen molar-refractivity contribution in [3.8, 4) is 5.75 Å². The molecular weight excluding hydrogens is 233 g/mol. The van der Waals surface area contributed by atoms with Crippen LogP contribution in [-0.4, -0.2) is 12.6 Å². The van der Waals surface area contributed by atoms with Crippen molar-refractivity contribution in [1.82, 2.24) is 0 Å². The summed E-state index contributed by atoms with van der Waals surface area (Å²) in [6.45, 7) is 0. The van der Waals surface area contributed by atoms with E-state index in [0.29, 0.717) is 22.6 Å². The van der Waals surface area contributed by atoms with Gasteiger partial charge in [0.1, 0.15) is 12.0 Å². The molecule has 0 atom stereocenters. The Morgan fingerprint density at radius 1 is 1.00 bits per heavy atom. The van der Waals surface area contributed by atoms with Gasteiger partial charge in [-0.3, -0.25) is 4.79 Å². The third kappa shape index (κ3) is 2.75. The van der Waals surface area contributed by atoms with Gasteiger partial charge in [0.15, 0.2) is 0 Å². The zero-order chi connectivity index (χ0) is 12.5. The number of hydrogen-bond acceptors (Lipinski definition) is 2. The van der Waals surface area contributed by atoms with Crippen LogP contribution >= 0.6 is 0 Å². The minimum absolute atomic E-state index is 0.274. The fraction of sp³-hybridized carbons (Fsp3) is 0.0833. The number of carbonyl (C=O) groups excluding carboxylic acids is 1. The summed E-state index contributed by atoms with van der Waals surface area (Å²) < 4.78 is 39.8. The molecule has 0 N–H and O–H groups in total. The van der Waals surface area contributed by atoms with Crippen molar-refractivity contribution in [2.45, 2.75) is 6.36 Å². The number of fused-ring (bicyclic) bond motifs is 1. The van der Waals surface area contributed by atoms with E-state index < -0.39 is 6.36 Å². The van der Waals surface area contributed by atoms with E-state index in [1.165, 1.54) is 24.3 Å². The number of alkyl halides is 3. The van der Waals surface area contributed by atoms with Crippen LogP contribution in [0.15, 0.2) is 36.4 Å². The zero-order valence-corrected chi connectivity index (χ0v) is 8.49. The standard InChI is InChI=1S/C12H7F3O2/c13-12(14,15)17-11-4-3-9-5-8(7-16)1-2-10(9)6-11/h1-7H. The van der Waals surface area contributed by atoms with Crippen molar-refractivity contribution in [2.75, 3.05) is 0 Å². The average molecular weight is 240 g/mol. The highest BCUT2D eigenvalue weighted by atomic mass is 19.4. The molecule has 0 aromatic heterocycles. The molecule has 0 unspecified atom stereocenters. The van der Waals surface area contributed by atoms with Gasteiger partial charge >= 0.3 is 6.36 Å². The SMILES string of the molecule is O=Cc1ccc2cc(OC(F)(F)F)ccc2c1. The lowest BCUT2D eigenvalue weighted by molar-refractivity contribution is -0.274. The molecule has 0 saturated carbocycles. The first-order chi connectivity index (χ1) is 7.98.